The van der Waals surface area contributed by atoms with Crippen molar-refractivity contribution in [2.24, 2.45) is 5.92 Å². The number of nitriles is 1. The molecule has 0 N–H and O–H groups in total. The van der Waals surface area contributed by atoms with Crippen molar-refractivity contribution in [3.8, 4) is 6.07 Å². The molecule has 1 aromatic carbocycles. The predicted octanol–water partition coefficient (Wildman–Crippen LogP) is 2.67. The Morgan fingerprint density at radius 3 is 2.61 bits per heavy atom. The van der Waals surface area contributed by atoms with Gasteiger partial charge in [-0.05, 0) is 44.4 Å². The number of Topliss-reactive ketones (excluding diaryl/α,β-unsaturated/α-hetero) is 1. The zero-order chi connectivity index (χ0) is 13.1. The maximum atomic E-state index is 11.3. The third kappa shape index (κ3) is 2.53. The molecule has 18 heavy (non-hydrogen) atoms. The van der Waals surface area contributed by atoms with E-state index in [1.165, 1.54) is 0 Å². The molecule has 1 aliphatic rings. The maximum absolute atomic E-state index is 11.3. The highest BCUT2D eigenvalue weighted by Gasteiger charge is 2.23. The predicted molar refractivity (Wildman–Crippen MR) is 71.5 cm³/mol. The SMILES string of the molecule is CC(=O)C1CCN(c2ccc(C)cc2C#N)CC1. The van der Waals surface area contributed by atoms with Gasteiger partial charge in [0, 0.05) is 19.0 Å². The van der Waals surface area contributed by atoms with Crippen LogP contribution in [0.2, 0.25) is 0 Å². The number of carbonyl (C=O) groups is 1. The fourth-order valence-electron chi connectivity index (χ4n) is 2.54. The normalized spacial score (nSPS) is 16.4. The highest BCUT2D eigenvalue weighted by molar-refractivity contribution is 5.78. The molecular formula is C15H18N2O. The van der Waals surface area contributed by atoms with Crippen molar-refractivity contribution in [3.05, 3.63) is 29.3 Å². The quantitative estimate of drug-likeness (QED) is 0.800. The van der Waals surface area contributed by atoms with Crippen molar-refractivity contribution < 1.29 is 4.79 Å². The third-order valence-electron chi connectivity index (χ3n) is 3.68. The Balaban J connectivity index is 2.15. The Hall–Kier alpha value is -1.82. The van der Waals surface area contributed by atoms with Crippen LogP contribution in [0.3, 0.4) is 0 Å². The van der Waals surface area contributed by atoms with Crippen LogP contribution in [0, 0.1) is 24.2 Å². The minimum Gasteiger partial charge on any atom is -0.370 e. The van der Waals surface area contributed by atoms with Crippen molar-refractivity contribution >= 4 is 11.5 Å². The number of ketones is 1. The number of anilines is 1. The van der Waals surface area contributed by atoms with Gasteiger partial charge in [0.15, 0.2) is 0 Å². The van der Waals surface area contributed by atoms with Crippen molar-refractivity contribution in [2.45, 2.75) is 26.7 Å². The van der Waals surface area contributed by atoms with Crippen LogP contribution in [-0.4, -0.2) is 18.9 Å². The number of rotatable bonds is 2. The van der Waals surface area contributed by atoms with Gasteiger partial charge in [0.05, 0.1) is 11.3 Å². The summed E-state index contributed by atoms with van der Waals surface area (Å²) in [6.45, 7) is 5.39. The van der Waals surface area contributed by atoms with Crippen LogP contribution >= 0.6 is 0 Å². The second kappa shape index (κ2) is 5.22. The Kier molecular flexibility index (Phi) is 3.66. The van der Waals surface area contributed by atoms with E-state index in [1.54, 1.807) is 6.92 Å². The first-order valence-corrected chi connectivity index (χ1v) is 6.38. The van der Waals surface area contributed by atoms with Crippen LogP contribution in [0.4, 0.5) is 5.69 Å². The molecule has 0 atom stereocenters. The van der Waals surface area contributed by atoms with Crippen molar-refractivity contribution in [2.75, 3.05) is 18.0 Å². The minimum absolute atomic E-state index is 0.206. The summed E-state index contributed by atoms with van der Waals surface area (Å²) in [7, 11) is 0. The van der Waals surface area contributed by atoms with Gasteiger partial charge in [0.2, 0.25) is 0 Å². The lowest BCUT2D eigenvalue weighted by molar-refractivity contribution is -0.121. The Morgan fingerprint density at radius 2 is 2.06 bits per heavy atom. The summed E-state index contributed by atoms with van der Waals surface area (Å²) >= 11 is 0. The summed E-state index contributed by atoms with van der Waals surface area (Å²) in [4.78, 5) is 13.6. The molecule has 0 aliphatic carbocycles. The van der Waals surface area contributed by atoms with E-state index in [-0.39, 0.29) is 5.92 Å². The van der Waals surface area contributed by atoms with Crippen LogP contribution in [0.1, 0.15) is 30.9 Å². The zero-order valence-corrected chi connectivity index (χ0v) is 10.9. The largest absolute Gasteiger partial charge is 0.370 e. The van der Waals surface area contributed by atoms with E-state index in [4.69, 9.17) is 0 Å². The van der Waals surface area contributed by atoms with Crippen LogP contribution in [0.5, 0.6) is 0 Å². The molecule has 0 amide bonds. The number of aryl methyl sites for hydroxylation is 1. The number of carbonyl (C=O) groups excluding carboxylic acids is 1. The number of nitrogens with zero attached hydrogens (tertiary/aromatic N) is 2. The second-order valence-electron chi connectivity index (χ2n) is 5.00. The van der Waals surface area contributed by atoms with Gasteiger partial charge in [-0.25, -0.2) is 0 Å². The van der Waals surface area contributed by atoms with Crippen molar-refractivity contribution in [1.29, 1.82) is 5.26 Å². The van der Waals surface area contributed by atoms with Crippen LogP contribution in [0.25, 0.3) is 0 Å². The van der Waals surface area contributed by atoms with Gasteiger partial charge >= 0.3 is 0 Å². The standard InChI is InChI=1S/C15H18N2O/c1-11-3-4-15(14(9-11)10-16)17-7-5-13(6-8-17)12(2)18/h3-4,9,13H,5-8H2,1-2H3. The van der Waals surface area contributed by atoms with E-state index < -0.39 is 0 Å². The number of hydrogen-bond donors (Lipinski definition) is 0. The van der Waals surface area contributed by atoms with E-state index in [0.29, 0.717) is 5.78 Å². The summed E-state index contributed by atoms with van der Waals surface area (Å²) in [5.41, 5.74) is 2.84. The lowest BCUT2D eigenvalue weighted by Gasteiger charge is -2.33. The Bertz CT molecular complexity index is 494. The smallest absolute Gasteiger partial charge is 0.133 e. The molecule has 94 valence electrons. The lowest BCUT2D eigenvalue weighted by atomic mass is 9.92. The van der Waals surface area contributed by atoms with Gasteiger partial charge in [-0.2, -0.15) is 5.26 Å². The minimum atomic E-state index is 0.206. The van der Waals surface area contributed by atoms with Gasteiger partial charge in [0.25, 0.3) is 0 Å². The number of benzene rings is 1. The van der Waals surface area contributed by atoms with Gasteiger partial charge in [0.1, 0.15) is 11.9 Å². The fourth-order valence-corrected chi connectivity index (χ4v) is 2.54. The summed E-state index contributed by atoms with van der Waals surface area (Å²) in [5.74, 6) is 0.497. The topological polar surface area (TPSA) is 44.1 Å². The molecule has 1 fully saturated rings. The molecular weight excluding hydrogens is 224 g/mol. The molecule has 0 unspecified atom stereocenters. The first-order valence-electron chi connectivity index (χ1n) is 6.38. The molecule has 1 aromatic rings. The third-order valence-corrected chi connectivity index (χ3v) is 3.68. The maximum Gasteiger partial charge on any atom is 0.133 e. The first kappa shape index (κ1) is 12.6. The molecule has 0 saturated carbocycles. The van der Waals surface area contributed by atoms with Gasteiger partial charge < -0.3 is 4.90 Å². The summed E-state index contributed by atoms with van der Waals surface area (Å²) in [6.07, 6.45) is 1.79. The molecule has 0 bridgehead atoms. The molecule has 1 heterocycles. The average Bonchev–Trinajstić information content (AvgIpc) is 2.38. The van der Waals surface area contributed by atoms with Crippen molar-refractivity contribution in [3.63, 3.8) is 0 Å². The Morgan fingerprint density at radius 1 is 1.39 bits per heavy atom. The zero-order valence-electron chi connectivity index (χ0n) is 10.9. The number of piperidine rings is 1. The molecule has 1 saturated heterocycles. The summed E-state index contributed by atoms with van der Waals surface area (Å²) in [6, 6.07) is 8.23. The average molecular weight is 242 g/mol. The molecule has 2 rings (SSSR count). The molecule has 0 spiro atoms. The Labute approximate surface area is 108 Å². The van der Waals surface area contributed by atoms with Gasteiger partial charge in [-0.15, -0.1) is 0 Å². The van der Waals surface area contributed by atoms with Crippen LogP contribution in [-0.2, 0) is 4.79 Å². The molecule has 1 aliphatic heterocycles. The second-order valence-corrected chi connectivity index (χ2v) is 5.00. The highest BCUT2D eigenvalue weighted by atomic mass is 16.1. The summed E-state index contributed by atoms with van der Waals surface area (Å²) < 4.78 is 0. The van der Waals surface area contributed by atoms with Gasteiger partial charge in [-0.1, -0.05) is 6.07 Å². The lowest BCUT2D eigenvalue weighted by Crippen LogP contribution is -2.36. The molecule has 0 aromatic heterocycles. The van der Waals surface area contributed by atoms with Gasteiger partial charge in [-0.3, -0.25) is 4.79 Å². The van der Waals surface area contributed by atoms with E-state index in [1.807, 2.05) is 25.1 Å². The highest BCUT2D eigenvalue weighted by Crippen LogP contribution is 2.27. The first-order chi connectivity index (χ1) is 8.61. The number of hydrogen-bond acceptors (Lipinski definition) is 3. The summed E-state index contributed by atoms with van der Waals surface area (Å²) in [5, 5.41) is 9.18. The fraction of sp³-hybridized carbons (Fsp3) is 0.467. The molecule has 0 radical (unpaired) electrons. The molecule has 3 heteroatoms. The van der Waals surface area contributed by atoms with E-state index in [0.717, 1.165) is 42.7 Å². The van der Waals surface area contributed by atoms with Crippen LogP contribution in [0.15, 0.2) is 18.2 Å². The van der Waals surface area contributed by atoms with E-state index in [2.05, 4.69) is 11.0 Å². The van der Waals surface area contributed by atoms with E-state index in [9.17, 15) is 10.1 Å². The van der Waals surface area contributed by atoms with Crippen molar-refractivity contribution in [1.82, 2.24) is 0 Å². The molecule has 3 nitrogen and oxygen atoms in total. The van der Waals surface area contributed by atoms with E-state index >= 15 is 0 Å². The van der Waals surface area contributed by atoms with Crippen LogP contribution < -0.4 is 4.90 Å². The monoisotopic (exact) mass is 242 g/mol.